The summed E-state index contributed by atoms with van der Waals surface area (Å²) in [5, 5.41) is 0.741. The van der Waals surface area contributed by atoms with E-state index in [9.17, 15) is 0 Å². The van der Waals surface area contributed by atoms with E-state index >= 15 is 0 Å². The lowest BCUT2D eigenvalue weighted by atomic mass is 9.91. The monoisotopic (exact) mass is 252 g/mol. The molecule has 0 saturated heterocycles. The van der Waals surface area contributed by atoms with Gasteiger partial charge in [-0.05, 0) is 30.0 Å². The number of nitrogens with two attached hydrogens (primary N) is 2. The van der Waals surface area contributed by atoms with Gasteiger partial charge in [-0.15, -0.1) is 0 Å². The van der Waals surface area contributed by atoms with Crippen molar-refractivity contribution in [1.82, 2.24) is 0 Å². The van der Waals surface area contributed by atoms with Crippen molar-refractivity contribution in [3.05, 3.63) is 34.9 Å². The van der Waals surface area contributed by atoms with Gasteiger partial charge in [0.05, 0.1) is 0 Å². The number of benzene rings is 1. The maximum atomic E-state index is 6.21. The number of hydrogen-bond donors (Lipinski definition) is 2. The molecule has 0 spiro atoms. The van der Waals surface area contributed by atoms with Gasteiger partial charge in [0.2, 0.25) is 0 Å². The molecule has 94 valence electrons. The van der Waals surface area contributed by atoms with Crippen molar-refractivity contribution in [2.45, 2.75) is 44.2 Å². The van der Waals surface area contributed by atoms with Crippen LogP contribution in [0.1, 0.15) is 43.7 Å². The lowest BCUT2D eigenvalue weighted by Gasteiger charge is -2.23. The van der Waals surface area contributed by atoms with E-state index in [-0.39, 0.29) is 12.1 Å². The Labute approximate surface area is 108 Å². The third-order valence-corrected chi connectivity index (χ3v) is 4.05. The second kappa shape index (κ2) is 5.85. The third kappa shape index (κ3) is 3.44. The van der Waals surface area contributed by atoms with Crippen molar-refractivity contribution in [3.8, 4) is 0 Å². The Bertz CT molecular complexity index is 344. The van der Waals surface area contributed by atoms with Gasteiger partial charge in [0.25, 0.3) is 0 Å². The van der Waals surface area contributed by atoms with E-state index in [4.69, 9.17) is 23.1 Å². The van der Waals surface area contributed by atoms with Crippen LogP contribution in [-0.2, 0) is 0 Å². The van der Waals surface area contributed by atoms with Crippen LogP contribution in [0, 0.1) is 5.92 Å². The Balaban J connectivity index is 1.93. The van der Waals surface area contributed by atoms with Crippen LogP contribution in [0.2, 0.25) is 5.02 Å². The molecule has 17 heavy (non-hydrogen) atoms. The molecular weight excluding hydrogens is 232 g/mol. The summed E-state index contributed by atoms with van der Waals surface area (Å²) in [6, 6.07) is 7.67. The summed E-state index contributed by atoms with van der Waals surface area (Å²) in [6.07, 6.45) is 6.40. The highest BCUT2D eigenvalue weighted by molar-refractivity contribution is 6.30. The Hall–Kier alpha value is -0.570. The molecule has 2 nitrogen and oxygen atoms in total. The van der Waals surface area contributed by atoms with Crippen molar-refractivity contribution in [3.63, 3.8) is 0 Å². The lowest BCUT2D eigenvalue weighted by Crippen LogP contribution is -2.35. The second-order valence-electron chi connectivity index (χ2n) is 5.13. The molecule has 0 unspecified atom stereocenters. The highest BCUT2D eigenvalue weighted by Gasteiger charge is 2.22. The number of hydrogen-bond acceptors (Lipinski definition) is 2. The SMILES string of the molecule is N[C@H](c1ccc(Cl)cc1)[C@@H](N)CC1CCCC1. The van der Waals surface area contributed by atoms with Gasteiger partial charge in [-0.1, -0.05) is 49.4 Å². The van der Waals surface area contributed by atoms with Crippen LogP contribution >= 0.6 is 11.6 Å². The molecule has 1 aromatic carbocycles. The zero-order chi connectivity index (χ0) is 12.3. The molecule has 2 rings (SSSR count). The van der Waals surface area contributed by atoms with Crippen molar-refractivity contribution in [1.29, 1.82) is 0 Å². The maximum absolute atomic E-state index is 6.21. The van der Waals surface area contributed by atoms with Gasteiger partial charge in [-0.3, -0.25) is 0 Å². The molecule has 1 saturated carbocycles. The van der Waals surface area contributed by atoms with Gasteiger partial charge in [0, 0.05) is 17.1 Å². The normalized spacial score (nSPS) is 20.4. The molecule has 0 heterocycles. The topological polar surface area (TPSA) is 52.0 Å². The molecule has 0 bridgehead atoms. The fourth-order valence-electron chi connectivity index (χ4n) is 2.71. The van der Waals surface area contributed by atoms with Crippen LogP contribution in [-0.4, -0.2) is 6.04 Å². The molecule has 1 fully saturated rings. The van der Waals surface area contributed by atoms with E-state index in [0.717, 1.165) is 22.9 Å². The smallest absolute Gasteiger partial charge is 0.0448 e. The highest BCUT2D eigenvalue weighted by Crippen LogP contribution is 2.30. The molecule has 0 radical (unpaired) electrons. The van der Waals surface area contributed by atoms with Gasteiger partial charge in [-0.25, -0.2) is 0 Å². The Morgan fingerprint density at radius 2 is 1.71 bits per heavy atom. The van der Waals surface area contributed by atoms with Crippen LogP contribution in [0.15, 0.2) is 24.3 Å². The first-order chi connectivity index (χ1) is 8.16. The summed E-state index contributed by atoms with van der Waals surface area (Å²) >= 11 is 5.86. The number of rotatable bonds is 4. The first-order valence-corrected chi connectivity index (χ1v) is 6.81. The van der Waals surface area contributed by atoms with Crippen LogP contribution in [0.4, 0.5) is 0 Å². The minimum Gasteiger partial charge on any atom is -0.326 e. The van der Waals surface area contributed by atoms with Gasteiger partial charge in [-0.2, -0.15) is 0 Å². The Morgan fingerprint density at radius 1 is 1.12 bits per heavy atom. The molecule has 1 aliphatic rings. The molecule has 3 heteroatoms. The standard InChI is InChI=1S/C14H21ClN2/c15-12-7-5-11(6-8-12)14(17)13(16)9-10-3-1-2-4-10/h5-8,10,13-14H,1-4,9,16-17H2/t13-,14+/m0/s1. The zero-order valence-corrected chi connectivity index (χ0v) is 10.9. The van der Waals surface area contributed by atoms with E-state index in [1.807, 2.05) is 24.3 Å². The van der Waals surface area contributed by atoms with Gasteiger partial charge in [0.1, 0.15) is 0 Å². The predicted molar refractivity (Wildman–Crippen MR) is 72.9 cm³/mol. The van der Waals surface area contributed by atoms with E-state index in [0.29, 0.717) is 0 Å². The van der Waals surface area contributed by atoms with Crippen molar-refractivity contribution in [2.24, 2.45) is 17.4 Å². The van der Waals surface area contributed by atoms with Crippen LogP contribution < -0.4 is 11.5 Å². The minimum absolute atomic E-state index is 0.0549. The lowest BCUT2D eigenvalue weighted by molar-refractivity contribution is 0.402. The first-order valence-electron chi connectivity index (χ1n) is 6.43. The Kier molecular flexibility index (Phi) is 4.43. The fraction of sp³-hybridized carbons (Fsp3) is 0.571. The molecule has 2 atom stereocenters. The summed E-state index contributed by atoms with van der Waals surface area (Å²) in [5.74, 6) is 0.781. The van der Waals surface area contributed by atoms with Gasteiger partial charge < -0.3 is 11.5 Å². The maximum Gasteiger partial charge on any atom is 0.0448 e. The average Bonchev–Trinajstić information content (AvgIpc) is 2.82. The van der Waals surface area contributed by atoms with Crippen molar-refractivity contribution >= 4 is 11.6 Å². The van der Waals surface area contributed by atoms with Gasteiger partial charge >= 0.3 is 0 Å². The zero-order valence-electron chi connectivity index (χ0n) is 10.1. The molecule has 0 amide bonds. The summed E-state index contributed by atoms with van der Waals surface area (Å²) in [7, 11) is 0. The van der Waals surface area contributed by atoms with Crippen LogP contribution in [0.5, 0.6) is 0 Å². The molecule has 0 aromatic heterocycles. The van der Waals surface area contributed by atoms with E-state index in [1.54, 1.807) is 0 Å². The van der Waals surface area contributed by atoms with Crippen LogP contribution in [0.3, 0.4) is 0 Å². The summed E-state index contributed by atoms with van der Waals surface area (Å²) < 4.78 is 0. The molecule has 1 aromatic rings. The first kappa shape index (κ1) is 12.9. The van der Waals surface area contributed by atoms with Gasteiger partial charge in [0.15, 0.2) is 0 Å². The third-order valence-electron chi connectivity index (χ3n) is 3.80. The average molecular weight is 253 g/mol. The Morgan fingerprint density at radius 3 is 2.29 bits per heavy atom. The largest absolute Gasteiger partial charge is 0.326 e. The number of halogens is 1. The van der Waals surface area contributed by atoms with Crippen molar-refractivity contribution < 1.29 is 0 Å². The van der Waals surface area contributed by atoms with E-state index in [2.05, 4.69) is 0 Å². The van der Waals surface area contributed by atoms with Crippen molar-refractivity contribution in [2.75, 3.05) is 0 Å². The highest BCUT2D eigenvalue weighted by atomic mass is 35.5. The van der Waals surface area contributed by atoms with E-state index < -0.39 is 0 Å². The summed E-state index contributed by atoms with van der Waals surface area (Å²) in [4.78, 5) is 0. The predicted octanol–water partition coefficient (Wildman–Crippen LogP) is 3.25. The summed E-state index contributed by atoms with van der Waals surface area (Å²) in [6.45, 7) is 0. The van der Waals surface area contributed by atoms with E-state index in [1.165, 1.54) is 25.7 Å². The fourth-order valence-corrected chi connectivity index (χ4v) is 2.84. The second-order valence-corrected chi connectivity index (χ2v) is 5.56. The minimum atomic E-state index is -0.0760. The molecule has 4 N–H and O–H groups in total. The quantitative estimate of drug-likeness (QED) is 0.864. The molecule has 0 aliphatic heterocycles. The molecule has 1 aliphatic carbocycles. The van der Waals surface area contributed by atoms with Crippen LogP contribution in [0.25, 0.3) is 0 Å². The summed E-state index contributed by atoms with van der Waals surface area (Å²) in [5.41, 5.74) is 13.5. The molecular formula is C14H21ClN2.